The van der Waals surface area contributed by atoms with Crippen LogP contribution in [0.15, 0.2) is 5.38 Å². The summed E-state index contributed by atoms with van der Waals surface area (Å²) < 4.78 is 5.27. The van der Waals surface area contributed by atoms with E-state index in [2.05, 4.69) is 17.2 Å². The molecule has 0 unspecified atom stereocenters. The minimum atomic E-state index is 0.537. The van der Waals surface area contributed by atoms with E-state index in [-0.39, 0.29) is 0 Å². The van der Waals surface area contributed by atoms with E-state index < -0.39 is 0 Å². The molecule has 0 N–H and O–H groups in total. The maximum atomic E-state index is 5.27. The van der Waals surface area contributed by atoms with E-state index in [1.54, 1.807) is 10.4 Å². The normalized spacial score (nSPS) is 26.2. The Hall–Kier alpha value is -0.380. The van der Waals surface area contributed by atoms with Crippen molar-refractivity contribution in [3.63, 3.8) is 0 Å². The third-order valence-electron chi connectivity index (χ3n) is 3.09. The van der Waals surface area contributed by atoms with Crippen LogP contribution in [0.1, 0.15) is 16.0 Å². The van der Waals surface area contributed by atoms with Gasteiger partial charge in [-0.25, -0.2) is 0 Å². The average Bonchev–Trinajstić information content (AvgIpc) is 2.92. The van der Waals surface area contributed by atoms with Crippen molar-refractivity contribution in [3.05, 3.63) is 21.4 Å². The molecule has 1 aromatic rings. The summed E-state index contributed by atoms with van der Waals surface area (Å²) in [5, 5.41) is 2.29. The molecule has 3 heterocycles. The Labute approximate surface area is 88.5 Å². The van der Waals surface area contributed by atoms with E-state index >= 15 is 0 Å². The van der Waals surface area contributed by atoms with E-state index in [0.29, 0.717) is 6.10 Å². The van der Waals surface area contributed by atoms with Crippen LogP contribution in [0.4, 0.5) is 0 Å². The van der Waals surface area contributed by atoms with Crippen molar-refractivity contribution in [1.29, 1.82) is 0 Å². The predicted octanol–water partition coefficient (Wildman–Crippen LogP) is 1.81. The lowest BCUT2D eigenvalue weighted by Crippen LogP contribution is -2.33. The molecule has 0 bridgehead atoms. The van der Waals surface area contributed by atoms with Crippen molar-refractivity contribution >= 4 is 11.3 Å². The number of fused-ring (bicyclic) bond motifs is 1. The molecule has 1 fully saturated rings. The first-order valence-corrected chi connectivity index (χ1v) is 6.10. The van der Waals surface area contributed by atoms with Gasteiger partial charge in [-0.3, -0.25) is 4.90 Å². The maximum absolute atomic E-state index is 5.27. The molecule has 0 spiro atoms. The summed E-state index contributed by atoms with van der Waals surface area (Å²) in [7, 11) is 0. The summed E-state index contributed by atoms with van der Waals surface area (Å²) >= 11 is 1.93. The highest BCUT2D eigenvalue weighted by molar-refractivity contribution is 7.10. The molecule has 2 aliphatic heterocycles. The first-order chi connectivity index (χ1) is 6.83. The predicted molar refractivity (Wildman–Crippen MR) is 57.8 cm³/mol. The van der Waals surface area contributed by atoms with Crippen LogP contribution in [-0.4, -0.2) is 30.7 Å². The van der Waals surface area contributed by atoms with E-state index in [4.69, 9.17) is 4.74 Å². The van der Waals surface area contributed by atoms with Gasteiger partial charge in [0.1, 0.15) is 0 Å². The van der Waals surface area contributed by atoms with Crippen LogP contribution in [0.25, 0.3) is 0 Å². The largest absolute Gasteiger partial charge is 0.372 e. The minimum absolute atomic E-state index is 0.537. The average molecular weight is 209 g/mol. The van der Waals surface area contributed by atoms with Crippen molar-refractivity contribution in [3.8, 4) is 0 Å². The van der Waals surface area contributed by atoms with Gasteiger partial charge in [0, 0.05) is 24.5 Å². The van der Waals surface area contributed by atoms with Gasteiger partial charge in [-0.1, -0.05) is 0 Å². The molecule has 2 nitrogen and oxygen atoms in total. The number of epoxide rings is 1. The zero-order chi connectivity index (χ0) is 9.54. The molecule has 0 aromatic carbocycles. The molecule has 0 saturated carbocycles. The Balaban J connectivity index is 1.74. The van der Waals surface area contributed by atoms with Gasteiger partial charge in [0.05, 0.1) is 12.7 Å². The first-order valence-electron chi connectivity index (χ1n) is 5.23. The molecule has 3 rings (SSSR count). The molecule has 1 saturated heterocycles. The van der Waals surface area contributed by atoms with Gasteiger partial charge in [-0.05, 0) is 29.9 Å². The van der Waals surface area contributed by atoms with Crippen LogP contribution in [-0.2, 0) is 17.7 Å². The van der Waals surface area contributed by atoms with Crippen LogP contribution in [0.5, 0.6) is 0 Å². The summed E-state index contributed by atoms with van der Waals surface area (Å²) in [5.41, 5.74) is 3.06. The van der Waals surface area contributed by atoms with Gasteiger partial charge in [-0.15, -0.1) is 11.3 Å². The quantitative estimate of drug-likeness (QED) is 0.690. The number of ether oxygens (including phenoxy) is 1. The second kappa shape index (κ2) is 3.33. The molecular formula is C11H15NOS. The highest BCUT2D eigenvalue weighted by atomic mass is 32.1. The SMILES string of the molecule is Cc1csc2c1CN(C[C@@H]1CO1)CC2. The molecule has 1 aromatic heterocycles. The maximum Gasteiger partial charge on any atom is 0.0936 e. The number of hydrogen-bond acceptors (Lipinski definition) is 3. The molecule has 0 amide bonds. The Morgan fingerprint density at radius 2 is 2.50 bits per heavy atom. The van der Waals surface area contributed by atoms with Crippen LogP contribution >= 0.6 is 11.3 Å². The molecule has 0 aliphatic carbocycles. The van der Waals surface area contributed by atoms with Gasteiger partial charge in [0.15, 0.2) is 0 Å². The van der Waals surface area contributed by atoms with Gasteiger partial charge in [-0.2, -0.15) is 0 Å². The molecule has 14 heavy (non-hydrogen) atoms. The van der Waals surface area contributed by atoms with E-state index in [9.17, 15) is 0 Å². The molecule has 2 aliphatic rings. The van der Waals surface area contributed by atoms with Gasteiger partial charge >= 0.3 is 0 Å². The standard InChI is InChI=1S/C11H15NOS/c1-8-7-14-11-2-3-12(5-10(8)11)4-9-6-13-9/h7,9H,2-6H2,1H3/t9-/m1/s1. The topological polar surface area (TPSA) is 15.8 Å². The van der Waals surface area contributed by atoms with E-state index in [0.717, 1.165) is 19.7 Å². The summed E-state index contributed by atoms with van der Waals surface area (Å²) in [6.07, 6.45) is 1.77. The summed E-state index contributed by atoms with van der Waals surface area (Å²) in [5.74, 6) is 0. The van der Waals surface area contributed by atoms with Gasteiger partial charge in [0.2, 0.25) is 0 Å². The van der Waals surface area contributed by atoms with Crippen molar-refractivity contribution in [2.45, 2.75) is 26.0 Å². The molecule has 1 atom stereocenters. The van der Waals surface area contributed by atoms with E-state index in [1.807, 2.05) is 11.3 Å². The lowest BCUT2D eigenvalue weighted by molar-refractivity contribution is 0.227. The molecule has 76 valence electrons. The fraction of sp³-hybridized carbons (Fsp3) is 0.636. The van der Waals surface area contributed by atoms with Crippen LogP contribution in [0.2, 0.25) is 0 Å². The molecule has 0 radical (unpaired) electrons. The third kappa shape index (κ3) is 1.60. The minimum Gasteiger partial charge on any atom is -0.372 e. The monoisotopic (exact) mass is 209 g/mol. The Bertz CT molecular complexity index is 343. The number of nitrogens with zero attached hydrogens (tertiary/aromatic N) is 1. The number of rotatable bonds is 2. The van der Waals surface area contributed by atoms with Crippen molar-refractivity contribution in [2.24, 2.45) is 0 Å². The number of hydrogen-bond donors (Lipinski definition) is 0. The second-order valence-electron chi connectivity index (χ2n) is 4.26. The molecular weight excluding hydrogens is 194 g/mol. The third-order valence-corrected chi connectivity index (χ3v) is 4.30. The van der Waals surface area contributed by atoms with Crippen molar-refractivity contribution in [1.82, 2.24) is 4.90 Å². The summed E-state index contributed by atoms with van der Waals surface area (Å²) in [6.45, 7) is 6.70. The highest BCUT2D eigenvalue weighted by Crippen LogP contribution is 2.28. The lowest BCUT2D eigenvalue weighted by atomic mass is 10.1. The van der Waals surface area contributed by atoms with Crippen LogP contribution < -0.4 is 0 Å². The number of aryl methyl sites for hydroxylation is 1. The van der Waals surface area contributed by atoms with Gasteiger partial charge in [0.25, 0.3) is 0 Å². The summed E-state index contributed by atoms with van der Waals surface area (Å²) in [6, 6.07) is 0. The Kier molecular flexibility index (Phi) is 2.11. The van der Waals surface area contributed by atoms with Crippen molar-refractivity contribution < 1.29 is 4.74 Å². The zero-order valence-electron chi connectivity index (χ0n) is 8.45. The second-order valence-corrected chi connectivity index (χ2v) is 5.23. The van der Waals surface area contributed by atoms with Crippen LogP contribution in [0, 0.1) is 6.92 Å². The lowest BCUT2D eigenvalue weighted by Gasteiger charge is -2.26. The van der Waals surface area contributed by atoms with Crippen LogP contribution in [0.3, 0.4) is 0 Å². The zero-order valence-corrected chi connectivity index (χ0v) is 9.27. The van der Waals surface area contributed by atoms with Gasteiger partial charge < -0.3 is 4.74 Å². The van der Waals surface area contributed by atoms with E-state index in [1.165, 1.54) is 18.5 Å². The summed E-state index contributed by atoms with van der Waals surface area (Å²) in [4.78, 5) is 4.13. The first kappa shape index (κ1) is 8.89. The van der Waals surface area contributed by atoms with Crippen molar-refractivity contribution in [2.75, 3.05) is 19.7 Å². The fourth-order valence-corrected chi connectivity index (χ4v) is 3.16. The smallest absolute Gasteiger partial charge is 0.0936 e. The Morgan fingerprint density at radius 1 is 1.64 bits per heavy atom. The number of thiophene rings is 1. The Morgan fingerprint density at radius 3 is 3.29 bits per heavy atom. The fourth-order valence-electron chi connectivity index (χ4n) is 2.12. The molecule has 3 heteroatoms. The highest BCUT2D eigenvalue weighted by Gasteiger charge is 2.28.